The zero-order valence-electron chi connectivity index (χ0n) is 45.6. The van der Waals surface area contributed by atoms with Crippen LogP contribution in [-0.2, 0) is 0 Å². The van der Waals surface area contributed by atoms with Crippen LogP contribution in [0.25, 0.3) is 33.4 Å². The van der Waals surface area contributed by atoms with E-state index in [-0.39, 0.29) is 0 Å². The van der Waals surface area contributed by atoms with E-state index in [1.807, 2.05) is 0 Å². The summed E-state index contributed by atoms with van der Waals surface area (Å²) in [5, 5.41) is 0. The summed E-state index contributed by atoms with van der Waals surface area (Å²) in [5.41, 5.74) is 36.4. The zero-order valence-corrected chi connectivity index (χ0v) is 45.6. The van der Waals surface area contributed by atoms with Gasteiger partial charge < -0.3 is 14.7 Å². The lowest BCUT2D eigenvalue weighted by Crippen LogP contribution is -2.54. The van der Waals surface area contributed by atoms with E-state index in [0.29, 0.717) is 20.1 Å². The molecule has 6 aliphatic heterocycles. The van der Waals surface area contributed by atoms with Crippen molar-refractivity contribution < 1.29 is 0 Å². The Labute approximate surface area is 476 Å². The van der Waals surface area contributed by atoms with E-state index in [1.54, 1.807) is 0 Å². The Balaban J connectivity index is 0.000000100. The molecular formula is C75H54B3N3. The van der Waals surface area contributed by atoms with Crippen molar-refractivity contribution in [1.29, 1.82) is 0 Å². The highest BCUT2D eigenvalue weighted by molar-refractivity contribution is 7.02. The van der Waals surface area contributed by atoms with Gasteiger partial charge in [0.1, 0.15) is 0 Å². The van der Waals surface area contributed by atoms with Crippen LogP contribution < -0.4 is 63.9 Å². The summed E-state index contributed by atoms with van der Waals surface area (Å²) in [5.74, 6) is 0. The number of fused-ring (bicyclic) bond motifs is 15. The molecule has 0 bridgehead atoms. The molecule has 6 heteroatoms. The minimum atomic E-state index is 0.323. The minimum Gasteiger partial charge on any atom is -0.312 e. The van der Waals surface area contributed by atoms with Crippen molar-refractivity contribution in [3.8, 4) is 33.4 Å². The Morgan fingerprint density at radius 1 is 0.222 bits per heavy atom. The molecular weight excluding hydrogens is 975 g/mol. The van der Waals surface area contributed by atoms with Crippen molar-refractivity contribution in [3.63, 3.8) is 0 Å². The minimum absolute atomic E-state index is 0.323. The first-order chi connectivity index (χ1) is 40.0. The fourth-order valence-electron chi connectivity index (χ4n) is 14.6. The molecule has 18 rings (SSSR count). The van der Waals surface area contributed by atoms with Gasteiger partial charge in [0.25, 0.3) is 0 Å². The van der Waals surface area contributed by atoms with Crippen molar-refractivity contribution in [1.82, 2.24) is 0 Å². The van der Waals surface area contributed by atoms with Crippen LogP contribution in [0, 0.1) is 20.8 Å². The van der Waals surface area contributed by atoms with Crippen molar-refractivity contribution >= 4 is 120 Å². The largest absolute Gasteiger partial charge is 0.312 e. The molecule has 6 aliphatic rings. The monoisotopic (exact) mass is 1030 g/mol. The molecule has 378 valence electrons. The Hall–Kier alpha value is -9.77. The summed E-state index contributed by atoms with van der Waals surface area (Å²) in [6, 6.07) is 99.8. The Morgan fingerprint density at radius 3 is 1.00 bits per heavy atom. The third-order valence-corrected chi connectivity index (χ3v) is 17.9. The van der Waals surface area contributed by atoms with E-state index >= 15 is 0 Å². The SMILES string of the molecule is Cc1ccc(N2c3ccccc3B3c4ccccc4-c4cccc2c43)cc1.Cc1cccc(N2c3ccccc3B3c4ccccc4-c4cccc2c43)c1.Cc1ccccc1N1c2ccccc2B2c3ccccc3-c3cccc1c32. The van der Waals surface area contributed by atoms with Gasteiger partial charge in [0.05, 0.1) is 0 Å². The van der Waals surface area contributed by atoms with Gasteiger partial charge in [0, 0.05) is 51.2 Å². The molecule has 0 saturated heterocycles. The molecule has 0 saturated carbocycles. The van der Waals surface area contributed by atoms with Crippen LogP contribution in [0.1, 0.15) is 16.7 Å². The number of hydrogen-bond acceptors (Lipinski definition) is 3. The number of benzene rings is 12. The van der Waals surface area contributed by atoms with E-state index in [0.717, 1.165) is 0 Å². The second kappa shape index (κ2) is 18.7. The maximum atomic E-state index is 2.45. The molecule has 0 atom stereocenters. The molecule has 6 heterocycles. The summed E-state index contributed by atoms with van der Waals surface area (Å²) < 4.78 is 0. The average molecular weight is 1030 g/mol. The first-order valence-electron chi connectivity index (χ1n) is 28.5. The van der Waals surface area contributed by atoms with Crippen molar-refractivity contribution in [3.05, 3.63) is 290 Å². The standard InChI is InChI=1S/3C25H18BN/c1-17-9-2-6-14-22(17)27-23-15-7-5-13-21(23)26-20-12-4-3-10-18(20)19-11-8-16-24(27)25(19)26;1-17-8-6-9-18(16-17)27-23-14-5-4-13-22(23)26-21-12-3-2-10-19(21)20-11-7-15-24(27)25(20)26;1-17-13-15-18(16-14-17)27-23-11-5-4-10-22(23)26-21-9-3-2-7-19(21)20-8-6-12-24(27)25(20)26/h3*2-16H,1H3. The molecule has 0 N–H and O–H groups in total. The average Bonchev–Trinajstić information content (AvgIpc) is 4.20. The smallest absolute Gasteiger partial charge is 0.248 e. The lowest BCUT2D eigenvalue weighted by molar-refractivity contribution is 1.26. The van der Waals surface area contributed by atoms with Crippen molar-refractivity contribution in [2.75, 3.05) is 14.7 Å². The lowest BCUT2D eigenvalue weighted by atomic mass is 9.37. The predicted octanol–water partition coefficient (Wildman–Crippen LogP) is 12.8. The Kier molecular flexibility index (Phi) is 10.9. The number of rotatable bonds is 3. The number of nitrogens with zero attached hydrogens (tertiary/aromatic N) is 3. The normalized spacial score (nSPS) is 13.2. The highest BCUT2D eigenvalue weighted by atomic mass is 15.2. The van der Waals surface area contributed by atoms with E-state index in [2.05, 4.69) is 308 Å². The van der Waals surface area contributed by atoms with E-state index in [1.165, 1.54) is 150 Å². The van der Waals surface area contributed by atoms with Crippen LogP contribution >= 0.6 is 0 Å². The van der Waals surface area contributed by atoms with Crippen LogP contribution in [-0.4, -0.2) is 20.1 Å². The van der Waals surface area contributed by atoms with Gasteiger partial charge in [-0.15, -0.1) is 0 Å². The number of aryl methyl sites for hydroxylation is 3. The maximum Gasteiger partial charge on any atom is 0.248 e. The van der Waals surface area contributed by atoms with Gasteiger partial charge in [-0.05, 0) is 165 Å². The molecule has 3 nitrogen and oxygen atoms in total. The second-order valence-corrected chi connectivity index (χ2v) is 22.4. The molecule has 12 aromatic carbocycles. The van der Waals surface area contributed by atoms with Gasteiger partial charge in [-0.25, -0.2) is 0 Å². The van der Waals surface area contributed by atoms with E-state index < -0.39 is 0 Å². The van der Waals surface area contributed by atoms with E-state index in [4.69, 9.17) is 0 Å². The number of hydrogen-bond donors (Lipinski definition) is 0. The van der Waals surface area contributed by atoms with Gasteiger partial charge in [-0.2, -0.15) is 0 Å². The Bertz CT molecular complexity index is 4510. The summed E-state index contributed by atoms with van der Waals surface area (Å²) in [7, 11) is 0. The molecule has 0 radical (unpaired) electrons. The van der Waals surface area contributed by atoms with Crippen molar-refractivity contribution in [2.24, 2.45) is 0 Å². The maximum absolute atomic E-state index is 2.45. The van der Waals surface area contributed by atoms with Crippen LogP contribution in [0.4, 0.5) is 51.2 Å². The highest BCUT2D eigenvalue weighted by Gasteiger charge is 2.45. The fourth-order valence-corrected chi connectivity index (χ4v) is 14.6. The predicted molar refractivity (Wildman–Crippen MR) is 348 cm³/mol. The van der Waals surface area contributed by atoms with Gasteiger partial charge in [-0.3, -0.25) is 0 Å². The zero-order chi connectivity index (χ0) is 53.9. The first-order valence-corrected chi connectivity index (χ1v) is 28.5. The molecule has 81 heavy (non-hydrogen) atoms. The number of para-hydroxylation sites is 4. The fraction of sp³-hybridized carbons (Fsp3) is 0.0400. The van der Waals surface area contributed by atoms with Gasteiger partial charge >= 0.3 is 0 Å². The third-order valence-electron chi connectivity index (χ3n) is 17.9. The molecule has 0 unspecified atom stereocenters. The summed E-state index contributed by atoms with van der Waals surface area (Å²) in [4.78, 5) is 7.31. The van der Waals surface area contributed by atoms with Crippen LogP contribution in [0.2, 0.25) is 0 Å². The van der Waals surface area contributed by atoms with Crippen LogP contribution in [0.5, 0.6) is 0 Å². The van der Waals surface area contributed by atoms with Gasteiger partial charge in [-0.1, -0.05) is 228 Å². The molecule has 0 spiro atoms. The quantitative estimate of drug-likeness (QED) is 0.163. The van der Waals surface area contributed by atoms with E-state index in [9.17, 15) is 0 Å². The van der Waals surface area contributed by atoms with Gasteiger partial charge in [0.2, 0.25) is 20.1 Å². The summed E-state index contributed by atoms with van der Waals surface area (Å²) >= 11 is 0. The van der Waals surface area contributed by atoms with Crippen LogP contribution in [0.3, 0.4) is 0 Å². The first kappa shape index (κ1) is 47.3. The van der Waals surface area contributed by atoms with Crippen molar-refractivity contribution in [2.45, 2.75) is 20.8 Å². The summed E-state index contributed by atoms with van der Waals surface area (Å²) in [6.07, 6.45) is 0. The molecule has 0 amide bonds. The summed E-state index contributed by atoms with van der Waals surface area (Å²) in [6.45, 7) is 7.47. The van der Waals surface area contributed by atoms with Gasteiger partial charge in [0.15, 0.2) is 0 Å². The molecule has 0 aromatic heterocycles. The molecule has 0 aliphatic carbocycles. The third kappa shape index (κ3) is 7.19. The molecule has 0 fully saturated rings. The highest BCUT2D eigenvalue weighted by Crippen LogP contribution is 2.44. The van der Waals surface area contributed by atoms with Crippen LogP contribution in [0.15, 0.2) is 273 Å². The number of anilines is 9. The molecule has 12 aromatic rings. The second-order valence-electron chi connectivity index (χ2n) is 22.4. The topological polar surface area (TPSA) is 9.72 Å². The lowest BCUT2D eigenvalue weighted by Gasteiger charge is -2.36. The Morgan fingerprint density at radius 2 is 0.556 bits per heavy atom.